The minimum absolute atomic E-state index is 0.520. The van der Waals surface area contributed by atoms with E-state index in [0.29, 0.717) is 5.46 Å². The molecule has 0 heterocycles. The molecule has 23 heavy (non-hydrogen) atoms. The molecule has 0 aromatic heterocycles. The lowest BCUT2D eigenvalue weighted by atomic mass is 9.77. The minimum Gasteiger partial charge on any atom is -0.423 e. The average Bonchev–Trinajstić information content (AvgIpc) is 2.54. The second-order valence-corrected chi connectivity index (χ2v) is 5.85. The third-order valence-corrected chi connectivity index (χ3v) is 3.92. The van der Waals surface area contributed by atoms with Crippen molar-refractivity contribution in [3.63, 3.8) is 0 Å². The molecule has 0 saturated carbocycles. The summed E-state index contributed by atoms with van der Waals surface area (Å²) in [6.45, 7) is 4.07. The van der Waals surface area contributed by atoms with Crippen LogP contribution in [0.5, 0.6) is 0 Å². The fourth-order valence-corrected chi connectivity index (χ4v) is 2.52. The highest BCUT2D eigenvalue weighted by atomic mass is 16.4. The summed E-state index contributed by atoms with van der Waals surface area (Å²) >= 11 is 0. The van der Waals surface area contributed by atoms with E-state index < -0.39 is 7.12 Å². The van der Waals surface area contributed by atoms with E-state index >= 15 is 0 Å². The normalized spacial score (nSPS) is 10.1. The predicted octanol–water partition coefficient (Wildman–Crippen LogP) is 2.81. The van der Waals surface area contributed by atoms with Gasteiger partial charge in [0.15, 0.2) is 0 Å². The first-order valence-corrected chi connectivity index (χ1v) is 8.18. The number of hydrogen-bond acceptors (Lipinski definition) is 2. The van der Waals surface area contributed by atoms with Gasteiger partial charge in [-0.05, 0) is 55.1 Å². The fourth-order valence-electron chi connectivity index (χ4n) is 2.52. The van der Waals surface area contributed by atoms with Gasteiger partial charge in [-0.15, -0.1) is 0 Å². The summed E-state index contributed by atoms with van der Waals surface area (Å²) in [6.07, 6.45) is 4.89. The van der Waals surface area contributed by atoms with Gasteiger partial charge in [0.05, 0.1) is 0 Å². The summed E-state index contributed by atoms with van der Waals surface area (Å²) in [6, 6.07) is 13.8. The van der Waals surface area contributed by atoms with Crippen LogP contribution in [0.3, 0.4) is 0 Å². The molecule has 0 atom stereocenters. The van der Waals surface area contributed by atoms with Gasteiger partial charge >= 0.3 is 7.12 Å². The molecule has 2 N–H and O–H groups in total. The summed E-state index contributed by atoms with van der Waals surface area (Å²) in [7, 11) is -1.43. The van der Waals surface area contributed by atoms with E-state index in [2.05, 4.69) is 43.0 Å². The maximum Gasteiger partial charge on any atom is 0.488 e. The molecule has 0 unspecified atom stereocenters. The van der Waals surface area contributed by atoms with Crippen LogP contribution in [0, 0.1) is 18.8 Å². The van der Waals surface area contributed by atoms with Gasteiger partial charge < -0.3 is 10.0 Å². The maximum absolute atomic E-state index is 9.23. The number of unbranched alkanes of at least 4 members (excludes halogenated alkanes) is 2. The average molecular weight is 306 g/mol. The summed E-state index contributed by atoms with van der Waals surface area (Å²) < 4.78 is 0. The van der Waals surface area contributed by atoms with Gasteiger partial charge in [-0.3, -0.25) is 0 Å². The molecule has 3 heteroatoms. The first-order chi connectivity index (χ1) is 11.1. The van der Waals surface area contributed by atoms with Gasteiger partial charge in [0.1, 0.15) is 0 Å². The predicted molar refractivity (Wildman–Crippen MR) is 96.7 cm³/mol. The Labute approximate surface area is 139 Å². The van der Waals surface area contributed by atoms with E-state index in [-0.39, 0.29) is 0 Å². The second-order valence-electron chi connectivity index (χ2n) is 5.85. The zero-order valence-corrected chi connectivity index (χ0v) is 13.8. The molecule has 0 aliphatic carbocycles. The highest BCUT2D eigenvalue weighted by Gasteiger charge is 2.13. The smallest absolute Gasteiger partial charge is 0.423 e. The molecule has 0 aliphatic heterocycles. The van der Waals surface area contributed by atoms with Crippen molar-refractivity contribution in [3.8, 4) is 11.8 Å². The molecule has 0 fully saturated rings. The van der Waals surface area contributed by atoms with E-state index in [1.54, 1.807) is 6.07 Å². The molecule has 2 aromatic rings. The molecule has 0 bridgehead atoms. The summed E-state index contributed by atoms with van der Waals surface area (Å²) in [5.74, 6) is 6.28. The van der Waals surface area contributed by atoms with Gasteiger partial charge in [-0.25, -0.2) is 0 Å². The Morgan fingerprint density at radius 3 is 2.17 bits per heavy atom. The molecule has 2 rings (SSSR count). The molecule has 0 radical (unpaired) electrons. The van der Waals surface area contributed by atoms with Crippen molar-refractivity contribution in [3.05, 3.63) is 64.7 Å². The molecule has 0 amide bonds. The first kappa shape index (κ1) is 17.3. The SMILES string of the molecule is CCCCCc1ccc(C#Cc2ccc(B(O)O)c(C)c2)cc1. The zero-order valence-electron chi connectivity index (χ0n) is 13.8. The molecular formula is C20H23BO2. The Morgan fingerprint density at radius 2 is 1.57 bits per heavy atom. The second kappa shape index (κ2) is 8.57. The van der Waals surface area contributed by atoms with E-state index in [1.807, 2.05) is 19.1 Å². The zero-order chi connectivity index (χ0) is 16.7. The molecule has 2 aromatic carbocycles. The van der Waals surface area contributed by atoms with Gasteiger partial charge in [-0.2, -0.15) is 0 Å². The van der Waals surface area contributed by atoms with Crippen molar-refractivity contribution in [2.24, 2.45) is 0 Å². The highest BCUT2D eigenvalue weighted by molar-refractivity contribution is 6.59. The Bertz CT molecular complexity index is 694. The highest BCUT2D eigenvalue weighted by Crippen LogP contribution is 2.09. The standard InChI is InChI=1S/C20H23BO2/c1-3-4-5-6-17-7-9-18(10-8-17)11-12-19-13-14-20(21(22)23)16(2)15-19/h7-10,13-15,22-23H,3-6H2,1-2H3. The van der Waals surface area contributed by atoms with Crippen molar-refractivity contribution in [1.29, 1.82) is 0 Å². The molecular weight excluding hydrogens is 283 g/mol. The summed E-state index contributed by atoms with van der Waals surface area (Å²) in [5, 5.41) is 18.5. The third-order valence-electron chi connectivity index (χ3n) is 3.92. The van der Waals surface area contributed by atoms with Crippen molar-refractivity contribution < 1.29 is 10.0 Å². The van der Waals surface area contributed by atoms with Crippen LogP contribution in [0.4, 0.5) is 0 Å². The van der Waals surface area contributed by atoms with Crippen LogP contribution in [-0.4, -0.2) is 17.2 Å². The van der Waals surface area contributed by atoms with E-state index in [1.165, 1.54) is 24.8 Å². The van der Waals surface area contributed by atoms with Crippen molar-refractivity contribution in [2.45, 2.75) is 39.5 Å². The molecule has 0 aliphatic rings. The molecule has 2 nitrogen and oxygen atoms in total. The summed E-state index contributed by atoms with van der Waals surface area (Å²) in [4.78, 5) is 0. The van der Waals surface area contributed by atoms with Crippen LogP contribution in [0.1, 0.15) is 48.4 Å². The number of hydrogen-bond donors (Lipinski definition) is 2. The van der Waals surface area contributed by atoms with Crippen molar-refractivity contribution >= 4 is 12.6 Å². The largest absolute Gasteiger partial charge is 0.488 e. The van der Waals surface area contributed by atoms with Crippen molar-refractivity contribution in [1.82, 2.24) is 0 Å². The number of benzene rings is 2. The minimum atomic E-state index is -1.43. The lowest BCUT2D eigenvalue weighted by molar-refractivity contribution is 0.425. The topological polar surface area (TPSA) is 40.5 Å². The van der Waals surface area contributed by atoms with Crippen LogP contribution in [0.25, 0.3) is 0 Å². The van der Waals surface area contributed by atoms with E-state index in [0.717, 1.165) is 23.1 Å². The molecule has 0 spiro atoms. The fraction of sp³-hybridized carbons (Fsp3) is 0.300. The third kappa shape index (κ3) is 5.28. The van der Waals surface area contributed by atoms with Crippen LogP contribution in [0.15, 0.2) is 42.5 Å². The van der Waals surface area contributed by atoms with Crippen LogP contribution >= 0.6 is 0 Å². The van der Waals surface area contributed by atoms with Crippen LogP contribution in [0.2, 0.25) is 0 Å². The maximum atomic E-state index is 9.23. The van der Waals surface area contributed by atoms with Crippen LogP contribution < -0.4 is 5.46 Å². The van der Waals surface area contributed by atoms with Gasteiger partial charge in [0.25, 0.3) is 0 Å². The van der Waals surface area contributed by atoms with Crippen LogP contribution in [-0.2, 0) is 6.42 Å². The quantitative estimate of drug-likeness (QED) is 0.507. The monoisotopic (exact) mass is 306 g/mol. The van der Waals surface area contributed by atoms with Gasteiger partial charge in [0, 0.05) is 11.1 Å². The van der Waals surface area contributed by atoms with Gasteiger partial charge in [-0.1, -0.05) is 55.4 Å². The number of aryl methyl sites for hydroxylation is 2. The number of rotatable bonds is 5. The Kier molecular flexibility index (Phi) is 6.46. The molecule has 0 saturated heterocycles. The van der Waals surface area contributed by atoms with E-state index in [9.17, 15) is 10.0 Å². The summed E-state index contributed by atoms with van der Waals surface area (Å²) in [5.41, 5.74) is 4.58. The Balaban J connectivity index is 2.05. The first-order valence-electron chi connectivity index (χ1n) is 8.18. The van der Waals surface area contributed by atoms with Crippen molar-refractivity contribution in [2.75, 3.05) is 0 Å². The Morgan fingerprint density at radius 1 is 0.913 bits per heavy atom. The molecule has 118 valence electrons. The lowest BCUT2D eigenvalue weighted by Crippen LogP contribution is -2.31. The lowest BCUT2D eigenvalue weighted by Gasteiger charge is -2.04. The Hall–Kier alpha value is -2.02. The van der Waals surface area contributed by atoms with Gasteiger partial charge in [0.2, 0.25) is 0 Å². The van der Waals surface area contributed by atoms with E-state index in [4.69, 9.17) is 0 Å².